The van der Waals surface area contributed by atoms with E-state index < -0.39 is 0 Å². The number of benzene rings is 1. The van der Waals surface area contributed by atoms with Crippen LogP contribution in [-0.4, -0.2) is 45.4 Å². The molecule has 0 spiro atoms. The zero-order chi connectivity index (χ0) is 14.8. The van der Waals surface area contributed by atoms with E-state index in [4.69, 9.17) is 0 Å². The summed E-state index contributed by atoms with van der Waals surface area (Å²) in [6.07, 6.45) is 6.46. The van der Waals surface area contributed by atoms with E-state index in [-0.39, 0.29) is 0 Å². The van der Waals surface area contributed by atoms with E-state index in [1.807, 2.05) is 6.20 Å². The normalized spacial score (nSPS) is 26.2. The molecule has 4 heteroatoms. The number of aromatic amines is 1. The van der Waals surface area contributed by atoms with Crippen LogP contribution in [0.5, 0.6) is 0 Å². The van der Waals surface area contributed by atoms with Crippen molar-refractivity contribution in [2.24, 2.45) is 5.92 Å². The minimum absolute atomic E-state index is 0.696. The molecule has 1 aromatic carbocycles. The molecule has 4 nitrogen and oxygen atoms in total. The van der Waals surface area contributed by atoms with Crippen molar-refractivity contribution in [2.75, 3.05) is 19.6 Å². The average Bonchev–Trinajstić information content (AvgIpc) is 2.89. The van der Waals surface area contributed by atoms with Gasteiger partial charge in [0.05, 0.1) is 6.33 Å². The number of nitrogens with zero attached hydrogens (tertiary/aromatic N) is 3. The van der Waals surface area contributed by atoms with E-state index in [2.05, 4.69) is 50.1 Å². The van der Waals surface area contributed by atoms with Gasteiger partial charge in [-0.15, -0.1) is 0 Å². The smallest absolute Gasteiger partial charge is 0.0922 e. The minimum atomic E-state index is 0.696. The lowest BCUT2D eigenvalue weighted by Crippen LogP contribution is -2.43. The summed E-state index contributed by atoms with van der Waals surface area (Å²) in [5.41, 5.74) is 2.67. The largest absolute Gasteiger partial charge is 0.347 e. The van der Waals surface area contributed by atoms with Crippen LogP contribution in [0.15, 0.2) is 42.9 Å². The first-order valence-electron chi connectivity index (χ1n) is 8.34. The van der Waals surface area contributed by atoms with Gasteiger partial charge in [-0.2, -0.15) is 0 Å². The number of hydrogen-bond acceptors (Lipinski definition) is 3. The van der Waals surface area contributed by atoms with E-state index in [0.29, 0.717) is 6.04 Å². The first-order chi connectivity index (χ1) is 10.9. The molecule has 3 fully saturated rings. The van der Waals surface area contributed by atoms with Crippen molar-refractivity contribution in [1.82, 2.24) is 19.8 Å². The van der Waals surface area contributed by atoms with E-state index in [1.165, 1.54) is 43.7 Å². The van der Waals surface area contributed by atoms with Gasteiger partial charge in [-0.05, 0) is 24.3 Å². The van der Waals surface area contributed by atoms with Crippen LogP contribution < -0.4 is 0 Å². The van der Waals surface area contributed by atoms with E-state index in [0.717, 1.165) is 19.0 Å². The highest BCUT2D eigenvalue weighted by atomic mass is 15.3. The Balaban J connectivity index is 1.44. The molecule has 0 unspecified atom stereocenters. The van der Waals surface area contributed by atoms with E-state index >= 15 is 0 Å². The Morgan fingerprint density at radius 3 is 2.77 bits per heavy atom. The van der Waals surface area contributed by atoms with Crippen LogP contribution in [0.4, 0.5) is 0 Å². The first-order valence-corrected chi connectivity index (χ1v) is 8.34. The highest BCUT2D eigenvalue weighted by molar-refractivity contribution is 5.15. The van der Waals surface area contributed by atoms with Crippen LogP contribution in [0.3, 0.4) is 0 Å². The Hall–Kier alpha value is -1.65. The van der Waals surface area contributed by atoms with Gasteiger partial charge in [-0.3, -0.25) is 9.80 Å². The molecule has 22 heavy (non-hydrogen) atoms. The molecule has 2 atom stereocenters. The quantitative estimate of drug-likeness (QED) is 0.941. The molecular formula is C18H24N4. The fraction of sp³-hybridized carbons (Fsp3) is 0.500. The zero-order valence-corrected chi connectivity index (χ0v) is 13.0. The third-order valence-electron chi connectivity index (χ3n) is 5.08. The summed E-state index contributed by atoms with van der Waals surface area (Å²) in [4.78, 5) is 12.7. The zero-order valence-electron chi connectivity index (χ0n) is 13.0. The Morgan fingerprint density at radius 2 is 1.95 bits per heavy atom. The van der Waals surface area contributed by atoms with Gasteiger partial charge >= 0.3 is 0 Å². The number of imidazole rings is 1. The van der Waals surface area contributed by atoms with Crippen molar-refractivity contribution >= 4 is 0 Å². The third kappa shape index (κ3) is 3.08. The highest BCUT2D eigenvalue weighted by Gasteiger charge is 2.34. The molecule has 116 valence electrons. The molecule has 3 saturated heterocycles. The third-order valence-corrected chi connectivity index (χ3v) is 5.08. The second-order valence-electron chi connectivity index (χ2n) is 6.78. The number of aromatic nitrogens is 2. The van der Waals surface area contributed by atoms with Crippen molar-refractivity contribution in [3.05, 3.63) is 54.1 Å². The van der Waals surface area contributed by atoms with Crippen molar-refractivity contribution in [3.63, 3.8) is 0 Å². The van der Waals surface area contributed by atoms with E-state index in [1.54, 1.807) is 6.33 Å². The fourth-order valence-corrected chi connectivity index (χ4v) is 4.03. The predicted molar refractivity (Wildman–Crippen MR) is 87.2 cm³/mol. The summed E-state index contributed by atoms with van der Waals surface area (Å²) in [5.74, 6) is 0.811. The van der Waals surface area contributed by atoms with Crippen LogP contribution >= 0.6 is 0 Å². The summed E-state index contributed by atoms with van der Waals surface area (Å²) in [5, 5.41) is 0. The van der Waals surface area contributed by atoms with Gasteiger partial charge in [0.15, 0.2) is 0 Å². The van der Waals surface area contributed by atoms with Crippen molar-refractivity contribution in [2.45, 2.75) is 32.0 Å². The second-order valence-corrected chi connectivity index (χ2v) is 6.78. The van der Waals surface area contributed by atoms with Crippen molar-refractivity contribution in [1.29, 1.82) is 0 Å². The van der Waals surface area contributed by atoms with Gasteiger partial charge in [-0.1, -0.05) is 30.3 Å². The lowest BCUT2D eigenvalue weighted by atomic mass is 9.94. The van der Waals surface area contributed by atoms with Crippen LogP contribution in [0, 0.1) is 5.92 Å². The molecule has 2 aromatic rings. The Labute approximate surface area is 132 Å². The summed E-state index contributed by atoms with van der Waals surface area (Å²) in [6, 6.07) is 11.6. The molecule has 1 N–H and O–H groups in total. The predicted octanol–water partition coefficient (Wildman–Crippen LogP) is 2.51. The van der Waals surface area contributed by atoms with E-state index in [9.17, 15) is 0 Å². The highest BCUT2D eigenvalue weighted by Crippen LogP contribution is 2.29. The van der Waals surface area contributed by atoms with Crippen LogP contribution in [0.2, 0.25) is 0 Å². The lowest BCUT2D eigenvalue weighted by Gasteiger charge is -2.36. The van der Waals surface area contributed by atoms with Gasteiger partial charge < -0.3 is 4.98 Å². The van der Waals surface area contributed by atoms with Gasteiger partial charge in [0.2, 0.25) is 0 Å². The van der Waals surface area contributed by atoms with Crippen LogP contribution in [0.25, 0.3) is 0 Å². The van der Waals surface area contributed by atoms with Gasteiger partial charge in [0.25, 0.3) is 0 Å². The molecule has 4 heterocycles. The molecular weight excluding hydrogens is 272 g/mol. The maximum absolute atomic E-state index is 4.14. The molecule has 1 aromatic heterocycles. The van der Waals surface area contributed by atoms with Gasteiger partial charge in [-0.25, -0.2) is 4.98 Å². The molecule has 3 aliphatic rings. The topological polar surface area (TPSA) is 35.2 Å². The number of rotatable bonds is 4. The maximum Gasteiger partial charge on any atom is 0.0922 e. The van der Waals surface area contributed by atoms with Gasteiger partial charge in [0, 0.05) is 50.7 Å². The fourth-order valence-electron chi connectivity index (χ4n) is 4.03. The lowest BCUT2D eigenvalue weighted by molar-refractivity contribution is 0.123. The summed E-state index contributed by atoms with van der Waals surface area (Å²) in [7, 11) is 0. The molecule has 5 rings (SSSR count). The second kappa shape index (κ2) is 6.23. The number of fused-ring (bicyclic) bond motifs is 4. The maximum atomic E-state index is 4.14. The summed E-state index contributed by atoms with van der Waals surface area (Å²) >= 11 is 0. The molecule has 3 aliphatic heterocycles. The number of nitrogens with one attached hydrogen (secondary N) is 1. The summed E-state index contributed by atoms with van der Waals surface area (Å²) in [6.45, 7) is 5.76. The summed E-state index contributed by atoms with van der Waals surface area (Å²) < 4.78 is 0. The number of piperidine rings is 1. The number of H-pyrrole nitrogens is 1. The monoisotopic (exact) mass is 296 g/mol. The van der Waals surface area contributed by atoms with Crippen molar-refractivity contribution in [3.8, 4) is 0 Å². The SMILES string of the molecule is c1ccc(CN2C[C@@H]3CC[C@H]2CN(Cc2cnc[nH]2)C3)cc1. The molecule has 0 radical (unpaired) electrons. The molecule has 0 saturated carbocycles. The first kappa shape index (κ1) is 14.0. The van der Waals surface area contributed by atoms with Crippen LogP contribution in [-0.2, 0) is 13.1 Å². The molecule has 2 bridgehead atoms. The minimum Gasteiger partial charge on any atom is -0.347 e. The van der Waals surface area contributed by atoms with Crippen LogP contribution in [0.1, 0.15) is 24.1 Å². The Bertz CT molecular complexity index is 580. The average molecular weight is 296 g/mol. The molecule has 0 amide bonds. The molecule has 0 aliphatic carbocycles. The van der Waals surface area contributed by atoms with Crippen molar-refractivity contribution < 1.29 is 0 Å². The number of hydrogen-bond donors (Lipinski definition) is 1. The van der Waals surface area contributed by atoms with Gasteiger partial charge in [0.1, 0.15) is 0 Å². The Kier molecular flexibility index (Phi) is 3.95. The Morgan fingerprint density at radius 1 is 1.05 bits per heavy atom. The standard InChI is InChI=1S/C18H24N4/c1-2-4-15(5-3-1)10-22-11-16-6-7-18(22)13-21(9-16)12-17-8-19-14-20-17/h1-5,8,14,16,18H,6-7,9-13H2,(H,19,20)/t16-,18+/m1/s1.